The van der Waals surface area contributed by atoms with E-state index in [1.54, 1.807) is 6.92 Å². The van der Waals surface area contributed by atoms with Crippen LogP contribution in [0.25, 0.3) is 0 Å². The zero-order chi connectivity index (χ0) is 8.27. The van der Waals surface area contributed by atoms with E-state index in [0.29, 0.717) is 5.25 Å². The molecular weight excluding hydrogens is 158 g/mol. The van der Waals surface area contributed by atoms with Crippen molar-refractivity contribution in [3.05, 3.63) is 0 Å². The first-order chi connectivity index (χ1) is 5.18. The van der Waals surface area contributed by atoms with Crippen LogP contribution in [-0.4, -0.2) is 35.4 Å². The molecule has 0 radical (unpaired) electrons. The molecule has 1 rings (SSSR count). The molecule has 1 aliphatic rings. The predicted octanol–water partition coefficient (Wildman–Crippen LogP) is 1.36. The SMILES string of the molecule is CC(=O)S[C@H]1CCCN(C)C1. The van der Waals surface area contributed by atoms with E-state index in [-0.39, 0.29) is 5.12 Å². The Morgan fingerprint density at radius 3 is 2.91 bits per heavy atom. The largest absolute Gasteiger partial charge is 0.305 e. The normalized spacial score (nSPS) is 26.9. The molecule has 0 unspecified atom stereocenters. The summed E-state index contributed by atoms with van der Waals surface area (Å²) in [6.07, 6.45) is 2.44. The number of likely N-dealkylation sites (tertiary alicyclic amines) is 1. The molecule has 0 bridgehead atoms. The number of rotatable bonds is 1. The van der Waals surface area contributed by atoms with Crippen LogP contribution in [0.3, 0.4) is 0 Å². The second-order valence-electron chi connectivity index (χ2n) is 3.14. The molecule has 2 nitrogen and oxygen atoms in total. The third-order valence-corrected chi connectivity index (χ3v) is 2.96. The molecule has 11 heavy (non-hydrogen) atoms. The first kappa shape index (κ1) is 9.07. The molecule has 0 amide bonds. The van der Waals surface area contributed by atoms with E-state index in [9.17, 15) is 4.79 Å². The zero-order valence-electron chi connectivity index (χ0n) is 7.17. The Morgan fingerprint density at radius 2 is 2.36 bits per heavy atom. The van der Waals surface area contributed by atoms with Gasteiger partial charge in [0.15, 0.2) is 5.12 Å². The second-order valence-corrected chi connectivity index (χ2v) is 4.61. The maximum absolute atomic E-state index is 10.8. The Kier molecular flexibility index (Phi) is 3.40. The van der Waals surface area contributed by atoms with E-state index in [2.05, 4.69) is 11.9 Å². The van der Waals surface area contributed by atoms with Crippen molar-refractivity contribution in [2.45, 2.75) is 25.0 Å². The van der Waals surface area contributed by atoms with Crippen molar-refractivity contribution in [3.8, 4) is 0 Å². The minimum atomic E-state index is 0.255. The van der Waals surface area contributed by atoms with Gasteiger partial charge in [-0.15, -0.1) is 0 Å². The van der Waals surface area contributed by atoms with Crippen LogP contribution in [0.4, 0.5) is 0 Å². The lowest BCUT2D eigenvalue weighted by molar-refractivity contribution is -0.109. The first-order valence-electron chi connectivity index (χ1n) is 4.04. The standard InChI is InChI=1S/C8H15NOS/c1-7(10)11-8-4-3-5-9(2)6-8/h8H,3-6H2,1-2H3/t8-/m0/s1. The molecule has 1 heterocycles. The van der Waals surface area contributed by atoms with E-state index in [0.717, 1.165) is 6.54 Å². The number of carbonyl (C=O) groups excluding carboxylic acids is 1. The van der Waals surface area contributed by atoms with Crippen LogP contribution in [0.1, 0.15) is 19.8 Å². The van der Waals surface area contributed by atoms with E-state index >= 15 is 0 Å². The van der Waals surface area contributed by atoms with Gasteiger partial charge in [0, 0.05) is 18.7 Å². The van der Waals surface area contributed by atoms with Crippen LogP contribution < -0.4 is 0 Å². The van der Waals surface area contributed by atoms with Crippen LogP contribution >= 0.6 is 11.8 Å². The predicted molar refractivity (Wildman–Crippen MR) is 48.8 cm³/mol. The lowest BCUT2D eigenvalue weighted by atomic mass is 10.1. The van der Waals surface area contributed by atoms with Gasteiger partial charge in [0.25, 0.3) is 0 Å². The fourth-order valence-electron chi connectivity index (χ4n) is 1.45. The van der Waals surface area contributed by atoms with Gasteiger partial charge >= 0.3 is 0 Å². The summed E-state index contributed by atoms with van der Waals surface area (Å²) in [5.74, 6) is 0. The molecule has 0 aromatic heterocycles. The highest BCUT2D eigenvalue weighted by Gasteiger charge is 2.18. The fourth-order valence-corrected chi connectivity index (χ4v) is 2.53. The first-order valence-corrected chi connectivity index (χ1v) is 4.92. The average molecular weight is 173 g/mol. The molecule has 0 spiro atoms. The van der Waals surface area contributed by atoms with Gasteiger partial charge in [0.05, 0.1) is 0 Å². The average Bonchev–Trinajstić information content (AvgIpc) is 1.85. The molecule has 1 atom stereocenters. The lowest BCUT2D eigenvalue weighted by Crippen LogP contribution is -2.34. The highest BCUT2D eigenvalue weighted by Crippen LogP contribution is 2.21. The Balaban J connectivity index is 2.28. The molecule has 1 fully saturated rings. The van der Waals surface area contributed by atoms with Crippen LogP contribution in [-0.2, 0) is 4.79 Å². The second kappa shape index (κ2) is 4.12. The number of nitrogens with zero attached hydrogens (tertiary/aromatic N) is 1. The van der Waals surface area contributed by atoms with E-state index < -0.39 is 0 Å². The topological polar surface area (TPSA) is 20.3 Å². The minimum Gasteiger partial charge on any atom is -0.305 e. The molecule has 1 aliphatic heterocycles. The maximum atomic E-state index is 10.8. The Labute approximate surface area is 72.3 Å². The van der Waals surface area contributed by atoms with Crippen molar-refractivity contribution < 1.29 is 4.79 Å². The van der Waals surface area contributed by atoms with Gasteiger partial charge in [-0.25, -0.2) is 0 Å². The third-order valence-electron chi connectivity index (χ3n) is 1.91. The maximum Gasteiger partial charge on any atom is 0.186 e. The molecule has 0 saturated carbocycles. The summed E-state index contributed by atoms with van der Waals surface area (Å²) in [6, 6.07) is 0. The number of hydrogen-bond donors (Lipinski definition) is 0. The third kappa shape index (κ3) is 3.25. The summed E-state index contributed by atoms with van der Waals surface area (Å²) in [4.78, 5) is 13.1. The van der Waals surface area contributed by atoms with Gasteiger partial charge in [-0.3, -0.25) is 4.79 Å². The summed E-state index contributed by atoms with van der Waals surface area (Å²) < 4.78 is 0. The minimum absolute atomic E-state index is 0.255. The van der Waals surface area contributed by atoms with Crippen molar-refractivity contribution >= 4 is 16.9 Å². The summed E-state index contributed by atoms with van der Waals surface area (Å²) >= 11 is 1.50. The van der Waals surface area contributed by atoms with Gasteiger partial charge in [-0.2, -0.15) is 0 Å². The van der Waals surface area contributed by atoms with Gasteiger partial charge in [0.1, 0.15) is 0 Å². The molecule has 1 saturated heterocycles. The quantitative estimate of drug-likeness (QED) is 0.597. The van der Waals surface area contributed by atoms with Crippen molar-refractivity contribution in [3.63, 3.8) is 0 Å². The van der Waals surface area contributed by atoms with E-state index in [4.69, 9.17) is 0 Å². The van der Waals surface area contributed by atoms with E-state index in [1.807, 2.05) is 0 Å². The Morgan fingerprint density at radius 1 is 1.64 bits per heavy atom. The fraction of sp³-hybridized carbons (Fsp3) is 0.875. The zero-order valence-corrected chi connectivity index (χ0v) is 7.99. The van der Waals surface area contributed by atoms with Crippen molar-refractivity contribution in [1.29, 1.82) is 0 Å². The Bertz CT molecular complexity index is 149. The summed E-state index contributed by atoms with van der Waals surface area (Å²) in [5, 5.41) is 0.802. The number of piperidine rings is 1. The molecule has 64 valence electrons. The van der Waals surface area contributed by atoms with Gasteiger partial charge < -0.3 is 4.90 Å². The highest BCUT2D eigenvalue weighted by atomic mass is 32.2. The summed E-state index contributed by atoms with van der Waals surface area (Å²) in [7, 11) is 2.12. The summed E-state index contributed by atoms with van der Waals surface area (Å²) in [6.45, 7) is 3.92. The van der Waals surface area contributed by atoms with Crippen LogP contribution in [0.5, 0.6) is 0 Å². The van der Waals surface area contributed by atoms with Gasteiger partial charge in [-0.1, -0.05) is 11.8 Å². The van der Waals surface area contributed by atoms with Gasteiger partial charge in [0.2, 0.25) is 0 Å². The Hall–Kier alpha value is -0.0200. The lowest BCUT2D eigenvalue weighted by Gasteiger charge is -2.28. The monoisotopic (exact) mass is 173 g/mol. The number of hydrogen-bond acceptors (Lipinski definition) is 3. The smallest absolute Gasteiger partial charge is 0.186 e. The van der Waals surface area contributed by atoms with Crippen molar-refractivity contribution in [2.75, 3.05) is 20.1 Å². The molecule has 0 aliphatic carbocycles. The highest BCUT2D eigenvalue weighted by molar-refractivity contribution is 8.14. The van der Waals surface area contributed by atoms with Crippen LogP contribution in [0.2, 0.25) is 0 Å². The molecular formula is C8H15NOS. The van der Waals surface area contributed by atoms with Crippen LogP contribution in [0.15, 0.2) is 0 Å². The molecule has 0 aromatic rings. The van der Waals surface area contributed by atoms with Gasteiger partial charge in [-0.05, 0) is 26.4 Å². The number of carbonyl (C=O) groups is 1. The van der Waals surface area contributed by atoms with Crippen molar-refractivity contribution in [2.24, 2.45) is 0 Å². The van der Waals surface area contributed by atoms with E-state index in [1.165, 1.54) is 31.1 Å². The van der Waals surface area contributed by atoms with Crippen LogP contribution in [0, 0.1) is 0 Å². The summed E-state index contributed by atoms with van der Waals surface area (Å²) in [5.41, 5.74) is 0. The molecule has 3 heteroatoms. The molecule has 0 aromatic carbocycles. The molecule has 0 N–H and O–H groups in total. The van der Waals surface area contributed by atoms with Crippen molar-refractivity contribution in [1.82, 2.24) is 4.90 Å². The number of thioether (sulfide) groups is 1.